The summed E-state index contributed by atoms with van der Waals surface area (Å²) in [5, 5.41) is 1.59. The summed E-state index contributed by atoms with van der Waals surface area (Å²) in [4.78, 5) is 17.0. The Hall–Kier alpha value is -0.570. The highest BCUT2D eigenvalue weighted by atomic mass is 16.7. The van der Waals surface area contributed by atoms with Gasteiger partial charge in [0.1, 0.15) is 0 Å². The number of hydroxylamine groups is 2. The van der Waals surface area contributed by atoms with E-state index in [1.54, 1.807) is 5.06 Å². The standard InChI is InChI=1S/C10H15NO2/c12-10(11-4-1-5-13-11)9-6-8(9)7-2-3-7/h7-9H,1-6H2/t8-,9+/m1/s1. The van der Waals surface area contributed by atoms with Crippen LogP contribution in [0.3, 0.4) is 0 Å². The normalized spacial score (nSPS) is 38.0. The molecule has 3 rings (SSSR count). The van der Waals surface area contributed by atoms with E-state index in [2.05, 4.69) is 0 Å². The lowest BCUT2D eigenvalue weighted by molar-refractivity contribution is -0.170. The molecule has 1 saturated heterocycles. The van der Waals surface area contributed by atoms with Gasteiger partial charge in [0.05, 0.1) is 13.2 Å². The molecule has 2 atom stereocenters. The monoisotopic (exact) mass is 181 g/mol. The van der Waals surface area contributed by atoms with E-state index in [0.717, 1.165) is 37.8 Å². The lowest BCUT2D eigenvalue weighted by Crippen LogP contribution is -2.28. The van der Waals surface area contributed by atoms with Crippen LogP contribution in [0.25, 0.3) is 0 Å². The van der Waals surface area contributed by atoms with Crippen molar-refractivity contribution in [3.05, 3.63) is 0 Å². The highest BCUT2D eigenvalue weighted by Gasteiger charge is 2.52. The van der Waals surface area contributed by atoms with Crippen LogP contribution in [-0.4, -0.2) is 24.1 Å². The van der Waals surface area contributed by atoms with Crippen molar-refractivity contribution in [2.24, 2.45) is 17.8 Å². The van der Waals surface area contributed by atoms with Gasteiger partial charge in [0.2, 0.25) is 5.91 Å². The van der Waals surface area contributed by atoms with Crippen LogP contribution in [0.4, 0.5) is 0 Å². The number of carbonyl (C=O) groups excluding carboxylic acids is 1. The summed E-state index contributed by atoms with van der Waals surface area (Å²) >= 11 is 0. The minimum absolute atomic E-state index is 0.259. The molecule has 0 unspecified atom stereocenters. The number of carbonyl (C=O) groups is 1. The molecule has 3 heteroatoms. The predicted octanol–water partition coefficient (Wildman–Crippen LogP) is 1.20. The molecule has 72 valence electrons. The van der Waals surface area contributed by atoms with Crippen molar-refractivity contribution in [1.29, 1.82) is 0 Å². The molecule has 1 heterocycles. The zero-order valence-corrected chi connectivity index (χ0v) is 7.74. The van der Waals surface area contributed by atoms with Gasteiger partial charge in [0.25, 0.3) is 0 Å². The summed E-state index contributed by atoms with van der Waals surface area (Å²) in [6.07, 6.45) is 4.85. The smallest absolute Gasteiger partial charge is 0.249 e. The second-order valence-electron chi connectivity index (χ2n) is 4.47. The van der Waals surface area contributed by atoms with Gasteiger partial charge in [-0.25, -0.2) is 5.06 Å². The second-order valence-corrected chi connectivity index (χ2v) is 4.47. The Labute approximate surface area is 78.0 Å². The maximum Gasteiger partial charge on any atom is 0.249 e. The van der Waals surface area contributed by atoms with Gasteiger partial charge < -0.3 is 0 Å². The average molecular weight is 181 g/mol. The molecule has 0 aromatic heterocycles. The van der Waals surface area contributed by atoms with E-state index in [1.165, 1.54) is 12.8 Å². The molecule has 0 N–H and O–H groups in total. The fourth-order valence-electron chi connectivity index (χ4n) is 2.35. The summed E-state index contributed by atoms with van der Waals surface area (Å²) in [5.41, 5.74) is 0. The van der Waals surface area contributed by atoms with Crippen LogP contribution in [0.1, 0.15) is 25.7 Å². The zero-order chi connectivity index (χ0) is 8.84. The van der Waals surface area contributed by atoms with E-state index in [1.807, 2.05) is 0 Å². The SMILES string of the molecule is O=C([C@H]1C[C@@H]1C1CC1)N1CCCO1. The van der Waals surface area contributed by atoms with Crippen molar-refractivity contribution in [2.45, 2.75) is 25.7 Å². The van der Waals surface area contributed by atoms with Gasteiger partial charge in [0, 0.05) is 5.92 Å². The first-order valence-electron chi connectivity index (χ1n) is 5.30. The lowest BCUT2D eigenvalue weighted by atomic mass is 10.2. The number of hydrogen-bond acceptors (Lipinski definition) is 2. The van der Waals surface area contributed by atoms with Crippen LogP contribution in [0.5, 0.6) is 0 Å². The molecule has 13 heavy (non-hydrogen) atoms. The molecule has 0 radical (unpaired) electrons. The first-order valence-corrected chi connectivity index (χ1v) is 5.30. The molecule has 3 nitrogen and oxygen atoms in total. The van der Waals surface area contributed by atoms with Crippen LogP contribution >= 0.6 is 0 Å². The summed E-state index contributed by atoms with van der Waals surface area (Å²) in [6, 6.07) is 0. The Kier molecular flexibility index (Phi) is 1.62. The number of hydrogen-bond donors (Lipinski definition) is 0. The molecule has 3 fully saturated rings. The Morgan fingerprint density at radius 3 is 2.85 bits per heavy atom. The van der Waals surface area contributed by atoms with E-state index in [0.29, 0.717) is 5.92 Å². The molecule has 0 spiro atoms. The van der Waals surface area contributed by atoms with Gasteiger partial charge in [-0.1, -0.05) is 0 Å². The number of nitrogens with zero attached hydrogens (tertiary/aromatic N) is 1. The summed E-state index contributed by atoms with van der Waals surface area (Å²) in [5.74, 6) is 2.19. The quantitative estimate of drug-likeness (QED) is 0.640. The van der Waals surface area contributed by atoms with E-state index in [9.17, 15) is 4.79 Å². The molecular weight excluding hydrogens is 166 g/mol. The minimum atomic E-state index is 0.259. The molecule has 0 aromatic carbocycles. The van der Waals surface area contributed by atoms with E-state index < -0.39 is 0 Å². The third kappa shape index (κ3) is 1.35. The predicted molar refractivity (Wildman–Crippen MR) is 46.6 cm³/mol. The molecule has 0 aromatic rings. The molecule has 0 bridgehead atoms. The van der Waals surface area contributed by atoms with Crippen LogP contribution in [-0.2, 0) is 9.63 Å². The van der Waals surface area contributed by atoms with Crippen LogP contribution in [0.2, 0.25) is 0 Å². The van der Waals surface area contributed by atoms with Crippen molar-refractivity contribution in [3.8, 4) is 0 Å². The lowest BCUT2D eigenvalue weighted by Gasteiger charge is -2.13. The van der Waals surface area contributed by atoms with Gasteiger partial charge in [0.15, 0.2) is 0 Å². The van der Waals surface area contributed by atoms with Gasteiger partial charge in [-0.15, -0.1) is 0 Å². The average Bonchev–Trinajstić information content (AvgIpc) is 3.00. The van der Waals surface area contributed by atoms with Crippen LogP contribution in [0, 0.1) is 17.8 Å². The van der Waals surface area contributed by atoms with Gasteiger partial charge in [-0.2, -0.15) is 0 Å². The first-order chi connectivity index (χ1) is 6.36. The van der Waals surface area contributed by atoms with Crippen molar-refractivity contribution in [2.75, 3.05) is 13.2 Å². The zero-order valence-electron chi connectivity index (χ0n) is 7.74. The van der Waals surface area contributed by atoms with Gasteiger partial charge in [-0.3, -0.25) is 9.63 Å². The minimum Gasteiger partial charge on any atom is -0.272 e. The Bertz CT molecular complexity index is 231. The van der Waals surface area contributed by atoms with Crippen molar-refractivity contribution in [1.82, 2.24) is 5.06 Å². The first kappa shape index (κ1) is 7.80. The highest BCUT2D eigenvalue weighted by molar-refractivity contribution is 5.81. The maximum atomic E-state index is 11.8. The van der Waals surface area contributed by atoms with E-state index in [-0.39, 0.29) is 5.91 Å². The Balaban J connectivity index is 1.57. The molecular formula is C10H15NO2. The van der Waals surface area contributed by atoms with Gasteiger partial charge >= 0.3 is 0 Å². The fourth-order valence-corrected chi connectivity index (χ4v) is 2.35. The molecule has 2 saturated carbocycles. The molecule has 3 aliphatic rings. The second kappa shape index (κ2) is 2.71. The van der Waals surface area contributed by atoms with Gasteiger partial charge in [-0.05, 0) is 37.5 Å². The Morgan fingerprint density at radius 2 is 2.23 bits per heavy atom. The van der Waals surface area contributed by atoms with Crippen LogP contribution < -0.4 is 0 Å². The van der Waals surface area contributed by atoms with E-state index in [4.69, 9.17) is 4.84 Å². The third-order valence-corrected chi connectivity index (χ3v) is 3.38. The van der Waals surface area contributed by atoms with Crippen molar-refractivity contribution < 1.29 is 9.63 Å². The van der Waals surface area contributed by atoms with E-state index >= 15 is 0 Å². The topological polar surface area (TPSA) is 29.5 Å². The number of amides is 1. The molecule has 1 aliphatic heterocycles. The fraction of sp³-hybridized carbons (Fsp3) is 0.900. The molecule has 2 aliphatic carbocycles. The molecule has 1 amide bonds. The van der Waals surface area contributed by atoms with Crippen molar-refractivity contribution >= 4 is 5.91 Å². The highest BCUT2D eigenvalue weighted by Crippen LogP contribution is 2.54. The summed E-state index contributed by atoms with van der Waals surface area (Å²) in [6.45, 7) is 1.54. The largest absolute Gasteiger partial charge is 0.272 e. The Morgan fingerprint density at radius 1 is 1.38 bits per heavy atom. The summed E-state index contributed by atoms with van der Waals surface area (Å²) < 4.78 is 0. The third-order valence-electron chi connectivity index (χ3n) is 3.38. The number of rotatable bonds is 2. The van der Waals surface area contributed by atoms with Crippen molar-refractivity contribution in [3.63, 3.8) is 0 Å². The van der Waals surface area contributed by atoms with Crippen LogP contribution in [0.15, 0.2) is 0 Å². The maximum absolute atomic E-state index is 11.8. The summed E-state index contributed by atoms with van der Waals surface area (Å²) in [7, 11) is 0.